The standard InChI is InChI=1S/C23H27ClN4O2/c24-20-8-4-5-9-21(20)26-14-16-27(17-15-26)22(29)18-25-10-12-28(13-11-25)23(30)19-6-2-1-3-7-19/h1-9H,10-18H2. The van der Waals surface area contributed by atoms with Crippen LogP contribution in [0.5, 0.6) is 0 Å². The summed E-state index contributed by atoms with van der Waals surface area (Å²) in [6.07, 6.45) is 0. The Kier molecular flexibility index (Phi) is 6.55. The number of halogens is 1. The van der Waals surface area contributed by atoms with Crippen LogP contribution in [-0.4, -0.2) is 85.4 Å². The van der Waals surface area contributed by atoms with Crippen LogP contribution in [0, 0.1) is 0 Å². The van der Waals surface area contributed by atoms with Crippen molar-refractivity contribution in [2.45, 2.75) is 0 Å². The van der Waals surface area contributed by atoms with Gasteiger partial charge in [0.05, 0.1) is 17.3 Å². The first-order valence-electron chi connectivity index (χ1n) is 10.5. The van der Waals surface area contributed by atoms with E-state index in [1.165, 1.54) is 0 Å². The molecule has 0 saturated carbocycles. The van der Waals surface area contributed by atoms with Crippen molar-refractivity contribution in [1.29, 1.82) is 0 Å². The number of carbonyl (C=O) groups excluding carboxylic acids is 2. The van der Waals surface area contributed by atoms with Crippen LogP contribution in [0.2, 0.25) is 5.02 Å². The molecule has 30 heavy (non-hydrogen) atoms. The maximum absolute atomic E-state index is 12.8. The number of rotatable bonds is 4. The monoisotopic (exact) mass is 426 g/mol. The molecule has 7 heteroatoms. The Bertz CT molecular complexity index is 876. The molecule has 0 radical (unpaired) electrons. The molecule has 2 aromatic carbocycles. The summed E-state index contributed by atoms with van der Waals surface area (Å²) in [7, 11) is 0. The van der Waals surface area contributed by atoms with Gasteiger partial charge in [-0.15, -0.1) is 0 Å². The zero-order valence-electron chi connectivity index (χ0n) is 17.0. The van der Waals surface area contributed by atoms with Crippen molar-refractivity contribution in [3.05, 3.63) is 65.2 Å². The Hall–Kier alpha value is -2.57. The third-order valence-electron chi connectivity index (χ3n) is 5.86. The van der Waals surface area contributed by atoms with Gasteiger partial charge in [0.15, 0.2) is 0 Å². The van der Waals surface area contributed by atoms with Crippen LogP contribution in [-0.2, 0) is 4.79 Å². The number of hydrogen-bond acceptors (Lipinski definition) is 4. The number of anilines is 1. The molecule has 2 fully saturated rings. The molecule has 2 aliphatic rings. The topological polar surface area (TPSA) is 47.1 Å². The largest absolute Gasteiger partial charge is 0.367 e. The summed E-state index contributed by atoms with van der Waals surface area (Å²) in [5.41, 5.74) is 1.75. The van der Waals surface area contributed by atoms with E-state index in [2.05, 4.69) is 9.80 Å². The smallest absolute Gasteiger partial charge is 0.253 e. The zero-order chi connectivity index (χ0) is 20.9. The van der Waals surface area contributed by atoms with E-state index in [0.717, 1.165) is 42.5 Å². The first kappa shape index (κ1) is 20.7. The van der Waals surface area contributed by atoms with Crippen LogP contribution in [0.3, 0.4) is 0 Å². The van der Waals surface area contributed by atoms with Crippen molar-refractivity contribution >= 4 is 29.1 Å². The number of amides is 2. The lowest BCUT2D eigenvalue weighted by Gasteiger charge is -2.38. The molecule has 2 heterocycles. The Morgan fingerprint density at radius 1 is 0.733 bits per heavy atom. The SMILES string of the molecule is O=C(CN1CCN(C(=O)c2ccccc2)CC1)N1CCN(c2ccccc2Cl)CC1. The number of benzene rings is 2. The van der Waals surface area contributed by atoms with Crippen molar-refractivity contribution < 1.29 is 9.59 Å². The fraction of sp³-hybridized carbons (Fsp3) is 0.391. The van der Waals surface area contributed by atoms with Gasteiger partial charge in [-0.2, -0.15) is 0 Å². The molecular weight excluding hydrogens is 400 g/mol. The van der Waals surface area contributed by atoms with Gasteiger partial charge in [0.25, 0.3) is 5.91 Å². The predicted octanol–water partition coefficient (Wildman–Crippen LogP) is 2.45. The van der Waals surface area contributed by atoms with Crippen molar-refractivity contribution in [3.63, 3.8) is 0 Å². The van der Waals surface area contributed by atoms with Crippen LogP contribution in [0.1, 0.15) is 10.4 Å². The van der Waals surface area contributed by atoms with E-state index >= 15 is 0 Å². The Labute approximate surface area is 182 Å². The highest BCUT2D eigenvalue weighted by molar-refractivity contribution is 6.33. The van der Waals surface area contributed by atoms with Crippen LogP contribution < -0.4 is 4.90 Å². The lowest BCUT2D eigenvalue weighted by molar-refractivity contribution is -0.133. The minimum absolute atomic E-state index is 0.0669. The molecule has 2 aromatic rings. The van der Waals surface area contributed by atoms with Crippen LogP contribution in [0.25, 0.3) is 0 Å². The van der Waals surface area contributed by atoms with Crippen molar-refractivity contribution in [1.82, 2.24) is 14.7 Å². The molecule has 0 N–H and O–H groups in total. The molecule has 2 aliphatic heterocycles. The molecule has 158 valence electrons. The zero-order valence-corrected chi connectivity index (χ0v) is 17.8. The molecule has 4 rings (SSSR count). The number of nitrogens with zero attached hydrogens (tertiary/aromatic N) is 4. The summed E-state index contributed by atoms with van der Waals surface area (Å²) in [4.78, 5) is 33.5. The van der Waals surface area contributed by atoms with Gasteiger partial charge in [-0.3, -0.25) is 14.5 Å². The maximum atomic E-state index is 12.8. The van der Waals surface area contributed by atoms with Crippen molar-refractivity contribution in [2.75, 3.05) is 63.8 Å². The normalized spacial score (nSPS) is 17.8. The number of para-hydroxylation sites is 1. The highest BCUT2D eigenvalue weighted by atomic mass is 35.5. The molecule has 6 nitrogen and oxygen atoms in total. The molecule has 2 amide bonds. The van der Waals surface area contributed by atoms with Crippen LogP contribution in [0.4, 0.5) is 5.69 Å². The van der Waals surface area contributed by atoms with Crippen molar-refractivity contribution in [2.24, 2.45) is 0 Å². The summed E-state index contributed by atoms with van der Waals surface area (Å²) >= 11 is 6.30. The van der Waals surface area contributed by atoms with Gasteiger partial charge < -0.3 is 14.7 Å². The average molecular weight is 427 g/mol. The fourth-order valence-corrected chi connectivity index (χ4v) is 4.32. The second-order valence-corrected chi connectivity index (χ2v) is 8.16. The summed E-state index contributed by atoms with van der Waals surface area (Å²) in [6, 6.07) is 17.2. The molecule has 0 bridgehead atoms. The van der Waals surface area contributed by atoms with E-state index in [1.54, 1.807) is 0 Å². The van der Waals surface area contributed by atoms with Gasteiger partial charge in [-0.25, -0.2) is 0 Å². The van der Waals surface area contributed by atoms with Gasteiger partial charge in [-0.1, -0.05) is 41.9 Å². The van der Waals surface area contributed by atoms with Crippen LogP contribution >= 0.6 is 11.6 Å². The quantitative estimate of drug-likeness (QED) is 0.753. The average Bonchev–Trinajstić information content (AvgIpc) is 2.80. The van der Waals surface area contributed by atoms with E-state index in [4.69, 9.17) is 11.6 Å². The van der Waals surface area contributed by atoms with Gasteiger partial charge in [0.1, 0.15) is 0 Å². The Balaban J connectivity index is 1.23. The van der Waals surface area contributed by atoms with Gasteiger partial charge in [-0.05, 0) is 24.3 Å². The molecule has 0 aromatic heterocycles. The molecule has 0 spiro atoms. The number of piperazine rings is 2. The minimum atomic E-state index is 0.0669. The second-order valence-electron chi connectivity index (χ2n) is 7.75. The second kappa shape index (κ2) is 9.49. The lowest BCUT2D eigenvalue weighted by atomic mass is 10.2. The van der Waals surface area contributed by atoms with Crippen LogP contribution in [0.15, 0.2) is 54.6 Å². The summed E-state index contributed by atoms with van der Waals surface area (Å²) in [6.45, 7) is 6.16. The molecular formula is C23H27ClN4O2. The third-order valence-corrected chi connectivity index (χ3v) is 6.18. The van der Waals surface area contributed by atoms with Gasteiger partial charge in [0.2, 0.25) is 5.91 Å². The molecule has 0 aliphatic carbocycles. The third kappa shape index (κ3) is 4.77. The van der Waals surface area contributed by atoms with Gasteiger partial charge in [0, 0.05) is 57.9 Å². The van der Waals surface area contributed by atoms with E-state index < -0.39 is 0 Å². The number of carbonyl (C=O) groups is 2. The van der Waals surface area contributed by atoms with E-state index in [0.29, 0.717) is 32.7 Å². The summed E-state index contributed by atoms with van der Waals surface area (Å²) < 4.78 is 0. The lowest BCUT2D eigenvalue weighted by Crippen LogP contribution is -2.54. The van der Waals surface area contributed by atoms with E-state index in [1.807, 2.05) is 64.4 Å². The van der Waals surface area contributed by atoms with Gasteiger partial charge >= 0.3 is 0 Å². The first-order valence-corrected chi connectivity index (χ1v) is 10.8. The summed E-state index contributed by atoms with van der Waals surface area (Å²) in [5, 5.41) is 0.750. The Morgan fingerprint density at radius 3 is 2.00 bits per heavy atom. The highest BCUT2D eigenvalue weighted by Gasteiger charge is 2.27. The van der Waals surface area contributed by atoms with E-state index in [9.17, 15) is 9.59 Å². The molecule has 2 saturated heterocycles. The first-order chi connectivity index (χ1) is 14.6. The van der Waals surface area contributed by atoms with E-state index in [-0.39, 0.29) is 11.8 Å². The molecule has 0 unspecified atom stereocenters. The minimum Gasteiger partial charge on any atom is -0.367 e. The maximum Gasteiger partial charge on any atom is 0.253 e. The molecule has 0 atom stereocenters. The van der Waals surface area contributed by atoms with Crippen molar-refractivity contribution in [3.8, 4) is 0 Å². The predicted molar refractivity (Wildman–Crippen MR) is 119 cm³/mol. The Morgan fingerprint density at radius 2 is 1.33 bits per heavy atom. The fourth-order valence-electron chi connectivity index (χ4n) is 4.07. The highest BCUT2D eigenvalue weighted by Crippen LogP contribution is 2.26. The number of hydrogen-bond donors (Lipinski definition) is 0. The summed E-state index contributed by atoms with van der Waals surface area (Å²) in [5.74, 6) is 0.230.